The number of sulfonamides is 1. The van der Waals surface area contributed by atoms with Crippen LogP contribution in [-0.2, 0) is 16.2 Å². The van der Waals surface area contributed by atoms with E-state index >= 15 is 0 Å². The van der Waals surface area contributed by atoms with Crippen molar-refractivity contribution in [2.24, 2.45) is 0 Å². The molecule has 0 unspecified atom stereocenters. The summed E-state index contributed by atoms with van der Waals surface area (Å²) in [6, 6.07) is 9.33. The lowest BCUT2D eigenvalue weighted by Crippen LogP contribution is -2.42. The number of benzene rings is 2. The van der Waals surface area contributed by atoms with Crippen LogP contribution >= 0.6 is 0 Å². The zero-order chi connectivity index (χ0) is 18.7. The van der Waals surface area contributed by atoms with E-state index in [-0.39, 0.29) is 5.56 Å². The molecule has 10 heteroatoms. The van der Waals surface area contributed by atoms with Gasteiger partial charge in [0.2, 0.25) is 0 Å². The molecule has 2 rings (SSSR count). The summed E-state index contributed by atoms with van der Waals surface area (Å²) in [7, 11) is -3.18. The number of hydrogen-bond donors (Lipinski definition) is 2. The minimum absolute atomic E-state index is 0.0904. The Bertz CT molecular complexity index is 865. The van der Waals surface area contributed by atoms with E-state index in [1.807, 2.05) is 5.43 Å². The summed E-state index contributed by atoms with van der Waals surface area (Å²) >= 11 is 0. The smallest absolute Gasteiger partial charge is 0.417 e. The van der Waals surface area contributed by atoms with Crippen molar-refractivity contribution in [1.82, 2.24) is 10.3 Å². The highest BCUT2D eigenvalue weighted by Crippen LogP contribution is 2.33. The standard InChI is InChI=1S/C15H13F3N2O4S/c1-24-11-8-6-10(7-9-11)14(21)19-20-25(22,23)13-5-3-2-4-12(13)15(16,17)18/h2-9,20H,1H3,(H,19,21). The maximum atomic E-state index is 12.9. The van der Waals surface area contributed by atoms with E-state index in [0.29, 0.717) is 11.8 Å². The van der Waals surface area contributed by atoms with Crippen molar-refractivity contribution in [1.29, 1.82) is 0 Å². The van der Waals surface area contributed by atoms with Gasteiger partial charge in [-0.3, -0.25) is 10.2 Å². The molecule has 0 spiro atoms. The molecule has 2 aromatic rings. The molecule has 0 bridgehead atoms. The Balaban J connectivity index is 2.18. The number of ether oxygens (including phenoxy) is 1. The second kappa shape index (κ2) is 7.11. The summed E-state index contributed by atoms with van der Waals surface area (Å²) in [6.07, 6.45) is -4.86. The molecule has 0 aliphatic heterocycles. The monoisotopic (exact) mass is 374 g/mol. The second-order valence-corrected chi connectivity index (χ2v) is 6.43. The average Bonchev–Trinajstić information content (AvgIpc) is 2.59. The first-order chi connectivity index (χ1) is 11.6. The molecule has 2 aromatic carbocycles. The Labute approximate surface area is 141 Å². The van der Waals surface area contributed by atoms with Crippen LogP contribution in [0, 0.1) is 0 Å². The molecule has 0 saturated carbocycles. The summed E-state index contributed by atoms with van der Waals surface area (Å²) in [6.45, 7) is 0. The van der Waals surface area contributed by atoms with E-state index in [4.69, 9.17) is 4.74 Å². The molecule has 0 fully saturated rings. The lowest BCUT2D eigenvalue weighted by Gasteiger charge is -2.14. The summed E-state index contributed by atoms with van der Waals surface area (Å²) in [5.41, 5.74) is 0.627. The van der Waals surface area contributed by atoms with Crippen molar-refractivity contribution in [2.45, 2.75) is 11.1 Å². The quantitative estimate of drug-likeness (QED) is 0.787. The maximum Gasteiger partial charge on any atom is 0.417 e. The van der Waals surface area contributed by atoms with E-state index in [1.165, 1.54) is 31.4 Å². The highest BCUT2D eigenvalue weighted by molar-refractivity contribution is 7.89. The van der Waals surface area contributed by atoms with Gasteiger partial charge in [-0.1, -0.05) is 12.1 Å². The SMILES string of the molecule is COc1ccc(C(=O)NNS(=O)(=O)c2ccccc2C(F)(F)F)cc1. The summed E-state index contributed by atoms with van der Waals surface area (Å²) in [5.74, 6) is -0.355. The van der Waals surface area contributed by atoms with E-state index in [2.05, 4.69) is 0 Å². The van der Waals surface area contributed by atoms with Gasteiger partial charge >= 0.3 is 6.18 Å². The van der Waals surface area contributed by atoms with Gasteiger partial charge < -0.3 is 4.74 Å². The fraction of sp³-hybridized carbons (Fsp3) is 0.133. The fourth-order valence-electron chi connectivity index (χ4n) is 1.92. The number of rotatable bonds is 5. The van der Waals surface area contributed by atoms with E-state index in [0.717, 1.165) is 18.2 Å². The largest absolute Gasteiger partial charge is 0.497 e. The molecule has 0 radical (unpaired) electrons. The van der Waals surface area contributed by atoms with E-state index in [1.54, 1.807) is 4.83 Å². The summed E-state index contributed by atoms with van der Waals surface area (Å²) in [5, 5.41) is 0. The molecule has 134 valence electrons. The third kappa shape index (κ3) is 4.48. The van der Waals surface area contributed by atoms with Crippen LogP contribution < -0.4 is 15.0 Å². The highest BCUT2D eigenvalue weighted by atomic mass is 32.2. The summed E-state index contributed by atoms with van der Waals surface area (Å²) in [4.78, 5) is 12.6. The number of amides is 1. The molecule has 0 heterocycles. The molecular formula is C15H13F3N2O4S. The number of hydrazine groups is 1. The second-order valence-electron chi connectivity index (χ2n) is 4.78. The molecule has 25 heavy (non-hydrogen) atoms. The van der Waals surface area contributed by atoms with Crippen LogP contribution in [0.3, 0.4) is 0 Å². The summed E-state index contributed by atoms with van der Waals surface area (Å²) < 4.78 is 67.9. The molecular weight excluding hydrogens is 361 g/mol. The lowest BCUT2D eigenvalue weighted by atomic mass is 10.2. The first-order valence-electron chi connectivity index (χ1n) is 6.77. The Morgan fingerprint density at radius 2 is 1.64 bits per heavy atom. The van der Waals surface area contributed by atoms with Crippen molar-refractivity contribution in [3.63, 3.8) is 0 Å². The third-order valence-electron chi connectivity index (χ3n) is 3.13. The van der Waals surface area contributed by atoms with Crippen LogP contribution in [0.15, 0.2) is 53.4 Å². The molecule has 0 aromatic heterocycles. The number of alkyl halides is 3. The van der Waals surface area contributed by atoms with Gasteiger partial charge in [0.15, 0.2) is 0 Å². The van der Waals surface area contributed by atoms with Crippen LogP contribution in [0.5, 0.6) is 5.75 Å². The molecule has 1 amide bonds. The van der Waals surface area contributed by atoms with Crippen molar-refractivity contribution in [3.8, 4) is 5.75 Å². The van der Waals surface area contributed by atoms with Crippen LogP contribution in [0.2, 0.25) is 0 Å². The number of hydrogen-bond acceptors (Lipinski definition) is 4. The van der Waals surface area contributed by atoms with Gasteiger partial charge in [0.05, 0.1) is 17.6 Å². The Hall–Kier alpha value is -2.59. The van der Waals surface area contributed by atoms with Gasteiger partial charge in [-0.25, -0.2) is 8.42 Å². The first-order valence-corrected chi connectivity index (χ1v) is 8.26. The minimum Gasteiger partial charge on any atom is -0.497 e. The van der Waals surface area contributed by atoms with Gasteiger partial charge in [0, 0.05) is 5.56 Å². The molecule has 0 aliphatic rings. The Kier molecular flexibility index (Phi) is 5.33. The van der Waals surface area contributed by atoms with E-state index in [9.17, 15) is 26.4 Å². The minimum atomic E-state index is -4.86. The van der Waals surface area contributed by atoms with Crippen LogP contribution in [-0.4, -0.2) is 21.4 Å². The Morgan fingerprint density at radius 1 is 1.04 bits per heavy atom. The maximum absolute atomic E-state index is 12.9. The van der Waals surface area contributed by atoms with Crippen LogP contribution in [0.1, 0.15) is 15.9 Å². The molecule has 0 aliphatic carbocycles. The predicted molar refractivity (Wildman–Crippen MR) is 82.2 cm³/mol. The topological polar surface area (TPSA) is 84.5 Å². The van der Waals surface area contributed by atoms with Crippen LogP contribution in [0.25, 0.3) is 0 Å². The van der Waals surface area contributed by atoms with Gasteiger partial charge in [0.25, 0.3) is 15.9 Å². The van der Waals surface area contributed by atoms with Crippen molar-refractivity contribution >= 4 is 15.9 Å². The zero-order valence-corrected chi connectivity index (χ0v) is 13.6. The molecule has 0 saturated heterocycles. The molecule has 2 N–H and O–H groups in total. The highest BCUT2D eigenvalue weighted by Gasteiger charge is 2.36. The van der Waals surface area contributed by atoms with Gasteiger partial charge in [0.1, 0.15) is 5.75 Å². The van der Waals surface area contributed by atoms with Crippen molar-refractivity contribution < 1.29 is 31.1 Å². The number of carbonyl (C=O) groups is 1. The average molecular weight is 374 g/mol. The van der Waals surface area contributed by atoms with Gasteiger partial charge in [-0.05, 0) is 36.4 Å². The third-order valence-corrected chi connectivity index (χ3v) is 4.44. The molecule has 6 nitrogen and oxygen atoms in total. The van der Waals surface area contributed by atoms with E-state index < -0.39 is 32.6 Å². The fourth-order valence-corrected chi connectivity index (χ4v) is 2.99. The predicted octanol–water partition coefficient (Wildman–Crippen LogP) is 2.34. The van der Waals surface area contributed by atoms with Crippen molar-refractivity contribution in [2.75, 3.05) is 7.11 Å². The number of methoxy groups -OCH3 is 1. The van der Waals surface area contributed by atoms with Crippen LogP contribution in [0.4, 0.5) is 13.2 Å². The number of nitrogens with one attached hydrogen (secondary N) is 2. The number of halogens is 3. The van der Waals surface area contributed by atoms with Crippen molar-refractivity contribution in [3.05, 3.63) is 59.7 Å². The first kappa shape index (κ1) is 18.7. The zero-order valence-electron chi connectivity index (χ0n) is 12.8. The van der Waals surface area contributed by atoms with Gasteiger partial charge in [-0.2, -0.15) is 13.2 Å². The normalized spacial score (nSPS) is 11.8. The van der Waals surface area contributed by atoms with Gasteiger partial charge in [-0.15, -0.1) is 4.83 Å². The Morgan fingerprint density at radius 3 is 2.20 bits per heavy atom. The molecule has 0 atom stereocenters. The lowest BCUT2D eigenvalue weighted by molar-refractivity contribution is -0.139. The number of carbonyl (C=O) groups excluding carboxylic acids is 1.